The molecule has 0 radical (unpaired) electrons. The summed E-state index contributed by atoms with van der Waals surface area (Å²) in [5, 5.41) is 24.9. The highest BCUT2D eigenvalue weighted by molar-refractivity contribution is 7.80. The van der Waals surface area contributed by atoms with Gasteiger partial charge in [0.05, 0.1) is 12.0 Å². The number of amides is 3. The zero-order valence-electron chi connectivity index (χ0n) is 16.6. The van der Waals surface area contributed by atoms with Crippen LogP contribution in [0.1, 0.15) is 46.5 Å². The van der Waals surface area contributed by atoms with Crippen LogP contribution in [0.25, 0.3) is 0 Å². The third-order valence-corrected chi connectivity index (χ3v) is 5.83. The lowest BCUT2D eigenvalue weighted by atomic mass is 9.77. The summed E-state index contributed by atoms with van der Waals surface area (Å²) in [4.78, 5) is 28.9. The number of rotatable bonds is 4. The number of thiocarbonyl (C=S) groups is 1. The van der Waals surface area contributed by atoms with Crippen molar-refractivity contribution >= 4 is 36.3 Å². The van der Waals surface area contributed by atoms with Crippen LogP contribution < -0.4 is 10.6 Å². The first kappa shape index (κ1) is 21.9. The first-order valence-electron chi connectivity index (χ1n) is 9.53. The minimum Gasteiger partial charge on any atom is -0.426 e. The summed E-state index contributed by atoms with van der Waals surface area (Å²) in [7, 11) is 0.0801. The lowest BCUT2D eigenvalue weighted by molar-refractivity contribution is -0.125. The summed E-state index contributed by atoms with van der Waals surface area (Å²) in [6.07, 6.45) is 2.86. The van der Waals surface area contributed by atoms with Gasteiger partial charge >= 0.3 is 13.1 Å². The molecule has 2 saturated heterocycles. The molecule has 0 aromatic rings. The second kappa shape index (κ2) is 8.75. The van der Waals surface area contributed by atoms with E-state index >= 15 is 0 Å². The maximum atomic E-state index is 13.0. The quantitative estimate of drug-likeness (QED) is 0.396. The minimum absolute atomic E-state index is 0.223. The van der Waals surface area contributed by atoms with Crippen LogP contribution in [-0.2, 0) is 4.79 Å². The number of carbonyl (C=O) groups excluding carboxylic acids is 2. The number of nitrogens with one attached hydrogen (secondary N) is 2. The van der Waals surface area contributed by atoms with Gasteiger partial charge in [-0.1, -0.05) is 33.0 Å². The van der Waals surface area contributed by atoms with Gasteiger partial charge in [0.25, 0.3) is 0 Å². The van der Waals surface area contributed by atoms with Gasteiger partial charge in [-0.2, -0.15) is 0 Å². The average Bonchev–Trinajstić information content (AvgIpc) is 3.25. The van der Waals surface area contributed by atoms with E-state index in [1.807, 2.05) is 25.7 Å². The number of nitrogens with zero attached hydrogens (tertiary/aromatic N) is 2. The van der Waals surface area contributed by atoms with Crippen LogP contribution in [0.4, 0.5) is 4.79 Å². The molecule has 0 saturated carbocycles. The van der Waals surface area contributed by atoms with Gasteiger partial charge in [0.1, 0.15) is 11.0 Å². The van der Waals surface area contributed by atoms with Crippen molar-refractivity contribution in [2.45, 2.75) is 64.5 Å². The highest BCUT2D eigenvalue weighted by Gasteiger charge is 2.42. The third kappa shape index (κ3) is 4.91. The minimum atomic E-state index is -1.47. The molecular formula is C17H31BN4O4S. The molecule has 27 heavy (non-hydrogen) atoms. The van der Waals surface area contributed by atoms with Gasteiger partial charge < -0.3 is 30.5 Å². The predicted molar refractivity (Wildman–Crippen MR) is 108 cm³/mol. The van der Waals surface area contributed by atoms with E-state index in [0.29, 0.717) is 30.9 Å². The molecule has 0 spiro atoms. The topological polar surface area (TPSA) is 105 Å². The van der Waals surface area contributed by atoms with E-state index in [9.17, 15) is 19.6 Å². The Kier molecular flexibility index (Phi) is 7.10. The van der Waals surface area contributed by atoms with Gasteiger partial charge in [-0.3, -0.25) is 4.79 Å². The van der Waals surface area contributed by atoms with Crippen LogP contribution in [0, 0.1) is 5.41 Å². The zero-order valence-corrected chi connectivity index (χ0v) is 17.4. The Hall–Kier alpha value is -1.39. The number of urea groups is 1. The van der Waals surface area contributed by atoms with Crippen LogP contribution in [-0.4, -0.2) is 82.1 Å². The maximum Gasteiger partial charge on any atom is 0.475 e. The second-order valence-corrected chi connectivity index (χ2v) is 8.79. The van der Waals surface area contributed by atoms with E-state index in [4.69, 9.17) is 12.2 Å². The Morgan fingerprint density at radius 1 is 1.15 bits per heavy atom. The van der Waals surface area contributed by atoms with Crippen molar-refractivity contribution in [3.05, 3.63) is 0 Å². The van der Waals surface area contributed by atoms with E-state index in [-0.39, 0.29) is 17.4 Å². The summed E-state index contributed by atoms with van der Waals surface area (Å²) in [6.45, 7) is 7.13. The van der Waals surface area contributed by atoms with Gasteiger partial charge in [0.15, 0.2) is 0 Å². The van der Waals surface area contributed by atoms with Gasteiger partial charge in [-0.05, 0) is 31.1 Å². The van der Waals surface area contributed by atoms with Crippen LogP contribution in [0.15, 0.2) is 0 Å². The fourth-order valence-corrected chi connectivity index (χ4v) is 4.49. The summed E-state index contributed by atoms with van der Waals surface area (Å²) < 4.78 is 0. The Bertz CT molecular complexity index is 584. The lowest BCUT2D eigenvalue weighted by Crippen LogP contribution is -2.59. The molecule has 8 nitrogen and oxygen atoms in total. The fraction of sp³-hybridized carbons (Fsp3) is 0.824. The third-order valence-electron chi connectivity index (χ3n) is 5.36. The Balaban J connectivity index is 2.16. The molecule has 3 atom stereocenters. The molecule has 0 unspecified atom stereocenters. The molecule has 10 heteroatoms. The van der Waals surface area contributed by atoms with Gasteiger partial charge in [0, 0.05) is 20.1 Å². The monoisotopic (exact) mass is 398 g/mol. The van der Waals surface area contributed by atoms with Crippen LogP contribution >= 0.6 is 12.2 Å². The summed E-state index contributed by atoms with van der Waals surface area (Å²) in [5.41, 5.74) is -0.364. The Morgan fingerprint density at radius 2 is 1.74 bits per heavy atom. The molecule has 2 fully saturated rings. The molecule has 2 rings (SSSR count). The molecule has 152 valence electrons. The van der Waals surface area contributed by atoms with Crippen molar-refractivity contribution < 1.29 is 19.6 Å². The number of hydrogen-bond acceptors (Lipinski definition) is 5. The standard InChI is InChI=1S/C17H31BN4O4S/c1-17(2,3)13(15(27)22-10-6-8-12(22)18(25)26)20-14(23)11-7-5-9-21(11)16(24)19-4/h11-13,25-26H,5-10H2,1-4H3,(H,19,24)(H,20,23)/t11-,12-,13+/m0/s1. The van der Waals surface area contributed by atoms with E-state index < -0.39 is 25.1 Å². The molecule has 4 N–H and O–H groups in total. The normalized spacial score (nSPS) is 23.9. The van der Waals surface area contributed by atoms with E-state index in [1.165, 1.54) is 0 Å². The van der Waals surface area contributed by atoms with E-state index in [1.54, 1.807) is 11.9 Å². The first-order valence-corrected chi connectivity index (χ1v) is 9.94. The number of hydrogen-bond donors (Lipinski definition) is 4. The van der Waals surface area contributed by atoms with Crippen LogP contribution in [0.2, 0.25) is 0 Å². The fourth-order valence-electron chi connectivity index (χ4n) is 3.85. The molecule has 2 aliphatic rings. The molecule has 2 heterocycles. The summed E-state index contributed by atoms with van der Waals surface area (Å²) >= 11 is 5.67. The second-order valence-electron chi connectivity index (χ2n) is 8.37. The van der Waals surface area contributed by atoms with E-state index in [0.717, 1.165) is 12.8 Å². The molecular weight excluding hydrogens is 367 g/mol. The molecule has 0 aromatic carbocycles. The molecule has 0 aromatic heterocycles. The molecule has 2 aliphatic heterocycles. The first-order chi connectivity index (χ1) is 12.6. The maximum absolute atomic E-state index is 13.0. The van der Waals surface area contributed by atoms with Crippen LogP contribution in [0.3, 0.4) is 0 Å². The van der Waals surface area contributed by atoms with Crippen molar-refractivity contribution in [3.63, 3.8) is 0 Å². The average molecular weight is 398 g/mol. The summed E-state index contributed by atoms with van der Waals surface area (Å²) in [5.74, 6) is -0.674. The Morgan fingerprint density at radius 3 is 2.30 bits per heavy atom. The predicted octanol–water partition coefficient (Wildman–Crippen LogP) is 0.125. The number of likely N-dealkylation sites (tertiary alicyclic amines) is 2. The SMILES string of the molecule is CNC(=O)N1CCC[C@H]1C(=O)N[C@H](C(=S)N1CCC[C@H]1B(O)O)C(C)(C)C. The van der Waals surface area contributed by atoms with Crippen molar-refractivity contribution in [1.82, 2.24) is 20.4 Å². The zero-order chi connectivity index (χ0) is 20.4. The molecule has 3 amide bonds. The van der Waals surface area contributed by atoms with Gasteiger partial charge in [-0.15, -0.1) is 0 Å². The Labute approximate surface area is 166 Å². The highest BCUT2D eigenvalue weighted by Crippen LogP contribution is 2.28. The molecule has 0 aliphatic carbocycles. The van der Waals surface area contributed by atoms with Crippen molar-refractivity contribution in [1.29, 1.82) is 0 Å². The van der Waals surface area contributed by atoms with Gasteiger partial charge in [-0.25, -0.2) is 4.79 Å². The highest BCUT2D eigenvalue weighted by atomic mass is 32.1. The number of carbonyl (C=O) groups is 2. The van der Waals surface area contributed by atoms with Gasteiger partial charge in [0.2, 0.25) is 5.91 Å². The molecule has 0 bridgehead atoms. The van der Waals surface area contributed by atoms with Crippen molar-refractivity contribution in [2.75, 3.05) is 20.1 Å². The lowest BCUT2D eigenvalue weighted by Gasteiger charge is -2.39. The van der Waals surface area contributed by atoms with Crippen molar-refractivity contribution in [2.24, 2.45) is 5.41 Å². The summed E-state index contributed by atoms with van der Waals surface area (Å²) in [6, 6.07) is -1.23. The van der Waals surface area contributed by atoms with Crippen LogP contribution in [0.5, 0.6) is 0 Å². The smallest absolute Gasteiger partial charge is 0.426 e. The van der Waals surface area contributed by atoms with Crippen molar-refractivity contribution in [3.8, 4) is 0 Å². The van der Waals surface area contributed by atoms with E-state index in [2.05, 4.69) is 10.6 Å². The largest absolute Gasteiger partial charge is 0.475 e.